The van der Waals surface area contributed by atoms with Crippen LogP contribution in [0.15, 0.2) is 119 Å². The van der Waals surface area contributed by atoms with Gasteiger partial charge < -0.3 is 29.3 Å². The largest absolute Gasteiger partial charge is 0.414 e. The maximum Gasteiger partial charge on any atom is 0.192 e. The van der Waals surface area contributed by atoms with Gasteiger partial charge in [0.15, 0.2) is 16.6 Å². The van der Waals surface area contributed by atoms with Gasteiger partial charge in [-0.05, 0) is 294 Å². The van der Waals surface area contributed by atoms with Gasteiger partial charge in [-0.1, -0.05) is 233 Å². The summed E-state index contributed by atoms with van der Waals surface area (Å²) in [6.07, 6.45) is 50.0. The fraction of sp³-hybridized carbons (Fsp3) is 0.780. The minimum atomic E-state index is -1.74. The van der Waals surface area contributed by atoms with Crippen molar-refractivity contribution >= 4 is 39.8 Å². The van der Waals surface area contributed by atoms with Crippen molar-refractivity contribution < 1.29 is 29.3 Å². The third kappa shape index (κ3) is 24.1. The van der Waals surface area contributed by atoms with Crippen LogP contribution >= 0.6 is 23.2 Å². The highest BCUT2D eigenvalue weighted by Crippen LogP contribution is 2.62. The van der Waals surface area contributed by atoms with Gasteiger partial charge >= 0.3 is 0 Å². The molecule has 9 aliphatic rings. The van der Waals surface area contributed by atoms with E-state index in [4.69, 9.17) is 37.2 Å². The summed E-state index contributed by atoms with van der Waals surface area (Å²) in [5, 5.41) is 39.1. The second kappa shape index (κ2) is 39.5. The van der Waals surface area contributed by atoms with Crippen LogP contribution in [-0.2, 0) is 8.85 Å². The molecule has 0 aromatic carbocycles. The zero-order valence-corrected chi connectivity index (χ0v) is 72.6. The number of rotatable bonds is 17. The van der Waals surface area contributed by atoms with Gasteiger partial charge in [-0.25, -0.2) is 0 Å². The number of fused-ring (bicyclic) bond motifs is 3. The minimum absolute atomic E-state index is 0.0837. The SMILES string of the molecule is C=C1CCC(O)C/C1=C/C=C1\CCC[C@@]2(C)C1CCC2C(C)/C=C/C(C)C(C)C.C=C1CCC(O[Si](C)(C)C(C)(C)C)C/C1=C/C=C1\CCC[C@@]2(C)C1CCC2C(C)/C=C/C(C)C(C)C.C=C1CCC(O[Si](C)(C)C(C)(C)C)C/C1=C/CO.CC(CO)C1CCC2[C@@H](O)CCC[C@]12C.ClCCl. The summed E-state index contributed by atoms with van der Waals surface area (Å²) in [6, 6.07) is 0. The zero-order valence-electron chi connectivity index (χ0n) is 69.1. The highest BCUT2D eigenvalue weighted by Gasteiger charge is 2.54. The summed E-state index contributed by atoms with van der Waals surface area (Å²) in [4.78, 5) is 0. The maximum absolute atomic E-state index is 10.1. The predicted octanol–water partition coefficient (Wildman–Crippen LogP) is 26.0. The molecule has 0 aromatic heterocycles. The van der Waals surface area contributed by atoms with Crippen LogP contribution in [0.5, 0.6) is 0 Å². The molecule has 9 rings (SSSR count). The van der Waals surface area contributed by atoms with E-state index in [-0.39, 0.29) is 34.2 Å². The van der Waals surface area contributed by atoms with Crippen LogP contribution in [-0.4, -0.2) is 80.0 Å². The molecule has 578 valence electrons. The molecule has 6 nitrogen and oxygen atoms in total. The van der Waals surface area contributed by atoms with Crippen molar-refractivity contribution in [2.75, 3.05) is 18.6 Å². The van der Waals surface area contributed by atoms with E-state index in [0.717, 1.165) is 113 Å². The highest BCUT2D eigenvalue weighted by molar-refractivity contribution is 6.74. The van der Waals surface area contributed by atoms with Crippen molar-refractivity contribution in [3.05, 3.63) is 119 Å². The van der Waals surface area contributed by atoms with Crippen molar-refractivity contribution in [1.29, 1.82) is 0 Å². The Hall–Kier alpha value is -1.83. The third-order valence-electron chi connectivity index (χ3n) is 28.9. The molecule has 0 radical (unpaired) electrons. The molecule has 18 atom stereocenters. The van der Waals surface area contributed by atoms with Crippen molar-refractivity contribution in [3.8, 4) is 0 Å². The lowest BCUT2D eigenvalue weighted by Crippen LogP contribution is -2.44. The Kier molecular flexibility index (Phi) is 35.1. The van der Waals surface area contributed by atoms with Gasteiger partial charge in [-0.3, -0.25) is 0 Å². The second-order valence-corrected chi connectivity index (χ2v) is 48.7. The van der Waals surface area contributed by atoms with Crippen molar-refractivity contribution in [2.45, 2.75) is 339 Å². The Morgan fingerprint density at radius 3 is 1.31 bits per heavy atom. The molecular formula is C91H156Cl2O6Si2. The standard InChI is InChI=1S/C34H58OSi.C28H44O.C15H28O2Si.C13H24O2.CH2Cl2/c1-24(2)25(3)14-15-27(5)31-20-21-32-28(13-12-22-34(31,32)9)17-18-29-23-30(19-16-26(29)4)35-36(10,11)33(6,7)8;1-19(2)20(3)9-10-22(5)26-15-16-27-23(8-7-17-28(26,27)6)12-13-24-18-25(29)14-11-21(24)4;1-12-7-8-14(11-13(12)9-10-16)17-18(5,6)15(2,3)4;1-9(8-14)10-5-6-11-12(15)4-3-7-13(10,11)2;2-1-3/h14-15,17-18,24-25,27,30-32H,4,12-13,16,19-23H2,1-3,5-11H3;9-10,12-13,19-20,22,25-27,29H,4,7-8,11,14-18H2,1-3,5-6H3;9,14,16H,1,7-8,10-11H2,2-6H3;9-12,14-15H,3-8H2,1-2H3;1H2/b15-14+,28-17+,29-18-;10-9+,23-12+,24-13-;13-9-;;/t25?,27?,30?,31?,32?,34-;20?,22?,25?,26?,27?,28-;;9?,10?,11?,12-,13+;/m11.0./s1. The Morgan fingerprint density at radius 1 is 0.495 bits per heavy atom. The maximum atomic E-state index is 10.1. The Morgan fingerprint density at radius 2 is 0.891 bits per heavy atom. The van der Waals surface area contributed by atoms with E-state index in [9.17, 15) is 15.3 Å². The van der Waals surface area contributed by atoms with Crippen LogP contribution in [0.1, 0.15) is 279 Å². The van der Waals surface area contributed by atoms with E-state index in [1.54, 1.807) is 11.1 Å². The van der Waals surface area contributed by atoms with Crippen LogP contribution in [0.2, 0.25) is 36.3 Å². The number of hydrogen-bond donors (Lipinski definition) is 4. The number of allylic oxidation sites excluding steroid dienone is 13. The first kappa shape index (κ1) is 89.8. The van der Waals surface area contributed by atoms with Gasteiger partial charge in [0.2, 0.25) is 0 Å². The normalized spacial score (nSPS) is 34.8. The zero-order chi connectivity index (χ0) is 75.8. The molecular weight excluding hydrogens is 1320 g/mol. The molecule has 14 unspecified atom stereocenters. The molecule has 4 N–H and O–H groups in total. The van der Waals surface area contributed by atoms with Crippen LogP contribution in [0.3, 0.4) is 0 Å². The van der Waals surface area contributed by atoms with E-state index >= 15 is 0 Å². The van der Waals surface area contributed by atoms with E-state index in [0.29, 0.717) is 76.5 Å². The monoisotopic (exact) mass is 1470 g/mol. The number of aliphatic hydroxyl groups is 4. The summed E-state index contributed by atoms with van der Waals surface area (Å²) < 4.78 is 13.3. The Balaban J connectivity index is 0.000000252. The topological polar surface area (TPSA) is 99.4 Å². The van der Waals surface area contributed by atoms with Crippen molar-refractivity contribution in [3.63, 3.8) is 0 Å². The van der Waals surface area contributed by atoms with Crippen LogP contribution in [0, 0.1) is 93.2 Å². The number of hydrogen-bond acceptors (Lipinski definition) is 6. The van der Waals surface area contributed by atoms with E-state index < -0.39 is 16.6 Å². The Bertz CT molecular complexity index is 2860. The first-order valence-electron chi connectivity index (χ1n) is 41.0. The quantitative estimate of drug-likeness (QED) is 0.0658. The van der Waals surface area contributed by atoms with Gasteiger partial charge in [-0.15, -0.1) is 23.2 Å². The lowest BCUT2D eigenvalue weighted by molar-refractivity contribution is -0.0321. The molecule has 101 heavy (non-hydrogen) atoms. The number of aliphatic hydroxyl groups excluding tert-OH is 4. The van der Waals surface area contributed by atoms with Gasteiger partial charge in [0.05, 0.1) is 24.2 Å². The summed E-state index contributed by atoms with van der Waals surface area (Å²) in [7, 11) is -3.43. The molecule has 9 fully saturated rings. The molecule has 0 heterocycles. The van der Waals surface area contributed by atoms with Gasteiger partial charge in [0, 0.05) is 18.8 Å². The summed E-state index contributed by atoms with van der Waals surface area (Å²) in [5.41, 5.74) is 12.2. The first-order valence-corrected chi connectivity index (χ1v) is 47.9. The van der Waals surface area contributed by atoms with Crippen LogP contribution in [0.25, 0.3) is 0 Å². The molecule has 9 saturated carbocycles. The average Bonchev–Trinajstić information content (AvgIpc) is 1.66. The van der Waals surface area contributed by atoms with E-state index in [2.05, 4.69) is 219 Å². The lowest BCUT2D eigenvalue weighted by Gasteiger charge is -2.45. The average molecular weight is 1470 g/mol. The number of halogens is 2. The fourth-order valence-electron chi connectivity index (χ4n) is 19.4. The molecule has 0 amide bonds. The first-order chi connectivity index (χ1) is 47.1. The van der Waals surface area contributed by atoms with Gasteiger partial charge in [0.25, 0.3) is 0 Å². The summed E-state index contributed by atoms with van der Waals surface area (Å²) in [5.74, 6) is 8.69. The molecule has 9 aliphatic carbocycles. The van der Waals surface area contributed by atoms with Crippen molar-refractivity contribution in [2.24, 2.45) is 93.2 Å². The van der Waals surface area contributed by atoms with Gasteiger partial charge in [-0.2, -0.15) is 0 Å². The number of alkyl halides is 2. The molecule has 0 bridgehead atoms. The van der Waals surface area contributed by atoms with E-state index in [1.165, 1.54) is 110 Å². The molecule has 0 spiro atoms. The molecule has 0 aliphatic heterocycles. The van der Waals surface area contributed by atoms with Crippen LogP contribution < -0.4 is 0 Å². The molecule has 0 aromatic rings. The smallest absolute Gasteiger partial charge is 0.192 e. The Labute approximate surface area is 635 Å². The van der Waals surface area contributed by atoms with Gasteiger partial charge in [0.1, 0.15) is 0 Å². The summed E-state index contributed by atoms with van der Waals surface area (Å²) >= 11 is 9.53. The van der Waals surface area contributed by atoms with Crippen molar-refractivity contribution in [1.82, 2.24) is 0 Å². The predicted molar refractivity (Wildman–Crippen MR) is 445 cm³/mol. The summed E-state index contributed by atoms with van der Waals surface area (Å²) in [6.45, 7) is 65.0. The fourth-order valence-corrected chi connectivity index (χ4v) is 22.2. The highest BCUT2D eigenvalue weighted by atomic mass is 35.5. The third-order valence-corrected chi connectivity index (χ3v) is 38.0. The minimum Gasteiger partial charge on any atom is -0.414 e. The van der Waals surface area contributed by atoms with E-state index in [1.807, 2.05) is 6.08 Å². The lowest BCUT2D eigenvalue weighted by atomic mass is 9.61. The molecule has 10 heteroatoms. The second-order valence-electron chi connectivity index (χ2n) is 38.4. The van der Waals surface area contributed by atoms with Crippen LogP contribution in [0.4, 0.5) is 0 Å². The molecule has 0 saturated heterocycles.